The number of esters is 1. The number of carbonyl (C=O) groups excluding carboxylic acids is 1. The van der Waals surface area contributed by atoms with Gasteiger partial charge in [0.1, 0.15) is 0 Å². The minimum Gasteiger partial charge on any atom is -0.416 e. The third kappa shape index (κ3) is 3.88. The fourth-order valence-corrected chi connectivity index (χ4v) is 3.03. The maximum atomic E-state index is 13.8. The molecular weight excluding hydrogens is 507 g/mol. The Morgan fingerprint density at radius 1 is 1.08 bits per heavy atom. The summed E-state index contributed by atoms with van der Waals surface area (Å²) in [5.74, 6) is -12.8. The molecular formula is C13H4ClF4IO5S. The zero-order valence-electron chi connectivity index (χ0n) is 11.5. The van der Waals surface area contributed by atoms with E-state index in [1.54, 1.807) is 22.6 Å². The van der Waals surface area contributed by atoms with Crippen LogP contribution in [0.1, 0.15) is 10.4 Å². The highest BCUT2D eigenvalue weighted by Crippen LogP contribution is 2.33. The standard InChI is InChI=1S/C13H4ClF4IO5S/c14-6-2-1-4(19)3-5(6)13(20)24-11-7(15)9(17)12(25(21,22)23)10(18)8(11)16/h1-3H,(H,21,22,23). The van der Waals surface area contributed by atoms with Crippen LogP contribution in [0.4, 0.5) is 17.6 Å². The van der Waals surface area contributed by atoms with Gasteiger partial charge in [-0.3, -0.25) is 4.55 Å². The van der Waals surface area contributed by atoms with E-state index in [0.29, 0.717) is 3.57 Å². The minimum absolute atomic E-state index is 0.165. The van der Waals surface area contributed by atoms with Crippen LogP contribution in [0.15, 0.2) is 23.1 Å². The number of hydrogen-bond donors (Lipinski definition) is 1. The molecule has 2 rings (SSSR count). The molecule has 12 heteroatoms. The Hall–Kier alpha value is -1.44. The van der Waals surface area contributed by atoms with E-state index in [2.05, 4.69) is 4.74 Å². The molecule has 25 heavy (non-hydrogen) atoms. The van der Waals surface area contributed by atoms with Crippen LogP contribution in [0.5, 0.6) is 5.75 Å². The summed E-state index contributed by atoms with van der Waals surface area (Å²) in [6.07, 6.45) is 0. The largest absolute Gasteiger partial charge is 0.416 e. The van der Waals surface area contributed by atoms with Crippen molar-refractivity contribution in [3.63, 3.8) is 0 Å². The van der Waals surface area contributed by atoms with E-state index in [0.717, 1.165) is 0 Å². The van der Waals surface area contributed by atoms with Crippen molar-refractivity contribution in [3.8, 4) is 5.75 Å². The molecule has 2 aromatic rings. The van der Waals surface area contributed by atoms with E-state index in [4.69, 9.17) is 16.2 Å². The number of rotatable bonds is 3. The normalized spacial score (nSPS) is 11.5. The summed E-state index contributed by atoms with van der Waals surface area (Å²) in [5, 5.41) is -0.165. The van der Waals surface area contributed by atoms with Gasteiger partial charge in [-0.1, -0.05) is 11.6 Å². The van der Waals surface area contributed by atoms with Gasteiger partial charge in [0, 0.05) is 3.57 Å². The highest BCUT2D eigenvalue weighted by atomic mass is 127. The van der Waals surface area contributed by atoms with Crippen LogP contribution in [-0.2, 0) is 10.1 Å². The topological polar surface area (TPSA) is 80.7 Å². The van der Waals surface area contributed by atoms with Crippen molar-refractivity contribution >= 4 is 50.3 Å². The van der Waals surface area contributed by atoms with Crippen molar-refractivity contribution in [2.24, 2.45) is 0 Å². The maximum Gasteiger partial charge on any atom is 0.345 e. The van der Waals surface area contributed by atoms with Gasteiger partial charge in [-0.2, -0.15) is 17.2 Å². The Balaban J connectivity index is 2.58. The average Bonchev–Trinajstić information content (AvgIpc) is 2.50. The molecule has 0 fully saturated rings. The van der Waals surface area contributed by atoms with E-state index >= 15 is 0 Å². The summed E-state index contributed by atoms with van der Waals surface area (Å²) in [5.41, 5.74) is -0.355. The van der Waals surface area contributed by atoms with Crippen LogP contribution in [0, 0.1) is 26.8 Å². The summed E-state index contributed by atoms with van der Waals surface area (Å²) in [6, 6.07) is 3.95. The molecule has 134 valence electrons. The van der Waals surface area contributed by atoms with Crippen molar-refractivity contribution in [2.75, 3.05) is 0 Å². The molecule has 5 nitrogen and oxygen atoms in total. The Morgan fingerprint density at radius 2 is 1.60 bits per heavy atom. The molecule has 1 N–H and O–H groups in total. The minimum atomic E-state index is -5.61. The zero-order chi connectivity index (χ0) is 19.1. The molecule has 0 amide bonds. The lowest BCUT2D eigenvalue weighted by molar-refractivity contribution is 0.0716. The molecule has 2 aromatic carbocycles. The fourth-order valence-electron chi connectivity index (χ4n) is 1.71. The second-order valence-corrected chi connectivity index (χ2v) is 7.41. The van der Waals surface area contributed by atoms with Crippen molar-refractivity contribution in [3.05, 3.63) is 55.6 Å². The number of halogens is 6. The van der Waals surface area contributed by atoms with Gasteiger partial charge in [0.2, 0.25) is 17.4 Å². The highest BCUT2D eigenvalue weighted by molar-refractivity contribution is 14.1. The monoisotopic (exact) mass is 510 g/mol. The molecule has 0 spiro atoms. The van der Waals surface area contributed by atoms with Crippen LogP contribution in [0.25, 0.3) is 0 Å². The van der Waals surface area contributed by atoms with Gasteiger partial charge in [0.25, 0.3) is 0 Å². The average molecular weight is 511 g/mol. The lowest BCUT2D eigenvalue weighted by Gasteiger charge is -2.11. The Morgan fingerprint density at radius 3 is 2.08 bits per heavy atom. The quantitative estimate of drug-likeness (QED) is 0.169. The fraction of sp³-hybridized carbons (Fsp3) is 0. The molecule has 0 heterocycles. The smallest absolute Gasteiger partial charge is 0.345 e. The van der Waals surface area contributed by atoms with E-state index in [-0.39, 0.29) is 10.6 Å². The molecule has 0 saturated carbocycles. The summed E-state index contributed by atoms with van der Waals surface area (Å²) in [7, 11) is -5.61. The molecule has 0 aliphatic rings. The van der Waals surface area contributed by atoms with Crippen molar-refractivity contribution in [1.82, 2.24) is 0 Å². The van der Waals surface area contributed by atoms with Gasteiger partial charge in [-0.25, -0.2) is 13.6 Å². The van der Waals surface area contributed by atoms with E-state index in [1.165, 1.54) is 18.2 Å². The van der Waals surface area contributed by atoms with Gasteiger partial charge in [0.05, 0.1) is 10.6 Å². The van der Waals surface area contributed by atoms with Crippen LogP contribution in [0.2, 0.25) is 5.02 Å². The van der Waals surface area contributed by atoms with Gasteiger partial charge in [-0.15, -0.1) is 0 Å². The van der Waals surface area contributed by atoms with E-state index in [9.17, 15) is 30.8 Å². The first-order chi connectivity index (χ1) is 11.4. The number of ether oxygens (including phenoxy) is 1. The second kappa shape index (κ2) is 7.05. The number of benzene rings is 2. The third-order valence-corrected chi connectivity index (χ3v) is 4.66. The van der Waals surface area contributed by atoms with E-state index in [1.807, 2.05) is 0 Å². The van der Waals surface area contributed by atoms with Crippen LogP contribution in [-0.4, -0.2) is 18.9 Å². The number of carbonyl (C=O) groups is 1. The highest BCUT2D eigenvalue weighted by Gasteiger charge is 2.34. The molecule has 0 unspecified atom stereocenters. The molecule has 0 aliphatic carbocycles. The maximum absolute atomic E-state index is 13.8. The third-order valence-electron chi connectivity index (χ3n) is 2.78. The number of hydrogen-bond acceptors (Lipinski definition) is 4. The van der Waals surface area contributed by atoms with Crippen molar-refractivity contribution in [1.29, 1.82) is 0 Å². The molecule has 0 aliphatic heterocycles. The molecule has 0 bridgehead atoms. The zero-order valence-corrected chi connectivity index (χ0v) is 15.2. The van der Waals surface area contributed by atoms with Crippen LogP contribution < -0.4 is 4.74 Å². The lowest BCUT2D eigenvalue weighted by Crippen LogP contribution is -2.16. The van der Waals surface area contributed by atoms with Crippen molar-refractivity contribution in [2.45, 2.75) is 4.90 Å². The Kier molecular flexibility index (Phi) is 5.61. The predicted octanol–water partition coefficient (Wildman–Crippen LogP) is 3.97. The predicted molar refractivity (Wildman–Crippen MR) is 85.2 cm³/mol. The van der Waals surface area contributed by atoms with E-state index < -0.39 is 50.0 Å². The Bertz CT molecular complexity index is 967. The van der Waals surface area contributed by atoms with Gasteiger partial charge in [0.15, 0.2) is 16.5 Å². The Labute approximate surface area is 156 Å². The summed E-state index contributed by atoms with van der Waals surface area (Å²) in [6.45, 7) is 0. The SMILES string of the molecule is O=C(Oc1c(F)c(F)c(S(=O)(=O)O)c(F)c1F)c1cc(I)ccc1Cl. The molecule has 0 radical (unpaired) electrons. The summed E-state index contributed by atoms with van der Waals surface area (Å²) in [4.78, 5) is 9.70. The first-order valence-corrected chi connectivity index (χ1v) is 8.85. The summed E-state index contributed by atoms with van der Waals surface area (Å²) < 4.78 is 90.1. The van der Waals surface area contributed by atoms with Crippen molar-refractivity contribution < 1.29 is 40.1 Å². The molecule has 0 saturated heterocycles. The molecule has 0 aromatic heterocycles. The van der Waals surface area contributed by atoms with Crippen LogP contribution >= 0.6 is 34.2 Å². The first kappa shape index (κ1) is 19.9. The summed E-state index contributed by atoms with van der Waals surface area (Å²) >= 11 is 7.53. The van der Waals surface area contributed by atoms with Gasteiger partial charge in [-0.05, 0) is 40.8 Å². The van der Waals surface area contributed by atoms with Gasteiger partial charge < -0.3 is 4.74 Å². The van der Waals surface area contributed by atoms with Crippen LogP contribution in [0.3, 0.4) is 0 Å². The lowest BCUT2D eigenvalue weighted by atomic mass is 10.2. The first-order valence-electron chi connectivity index (χ1n) is 5.95. The van der Waals surface area contributed by atoms with Gasteiger partial charge >= 0.3 is 16.1 Å². The second-order valence-electron chi connectivity index (χ2n) is 4.40. The molecule has 0 atom stereocenters.